The SMILES string of the molecule is CC(C)c1noc(-c2ccc(N3CCN(c4ccccc4)CC3)c([N+](=O)[O-])c2)n1. The van der Waals surface area contributed by atoms with Gasteiger partial charge in [0.2, 0.25) is 0 Å². The molecule has 8 heteroatoms. The Morgan fingerprint density at radius 2 is 1.72 bits per heavy atom. The molecule has 0 atom stereocenters. The van der Waals surface area contributed by atoms with Gasteiger partial charge in [0, 0.05) is 49.4 Å². The predicted molar refractivity (Wildman–Crippen MR) is 111 cm³/mol. The van der Waals surface area contributed by atoms with Gasteiger partial charge < -0.3 is 14.3 Å². The Hall–Kier alpha value is -3.42. The summed E-state index contributed by atoms with van der Waals surface area (Å²) in [7, 11) is 0. The zero-order valence-electron chi connectivity index (χ0n) is 16.5. The van der Waals surface area contributed by atoms with E-state index in [4.69, 9.17) is 4.52 Å². The molecule has 1 aliphatic rings. The summed E-state index contributed by atoms with van der Waals surface area (Å²) in [6.45, 7) is 6.99. The summed E-state index contributed by atoms with van der Waals surface area (Å²) in [5.41, 5.74) is 2.41. The molecule has 150 valence electrons. The summed E-state index contributed by atoms with van der Waals surface area (Å²) in [6, 6.07) is 15.3. The van der Waals surface area contributed by atoms with Crippen molar-refractivity contribution in [3.05, 3.63) is 64.5 Å². The quantitative estimate of drug-likeness (QED) is 0.476. The number of nitro benzene ring substituents is 1. The van der Waals surface area contributed by atoms with Crippen molar-refractivity contribution in [1.29, 1.82) is 0 Å². The van der Waals surface area contributed by atoms with Crippen molar-refractivity contribution in [3.63, 3.8) is 0 Å². The number of hydrogen-bond acceptors (Lipinski definition) is 7. The Labute approximate surface area is 168 Å². The summed E-state index contributed by atoms with van der Waals surface area (Å²) in [4.78, 5) is 20.1. The molecule has 1 saturated heterocycles. The van der Waals surface area contributed by atoms with Gasteiger partial charge in [0.25, 0.3) is 11.6 Å². The van der Waals surface area contributed by atoms with E-state index in [1.165, 1.54) is 11.8 Å². The standard InChI is InChI=1S/C21H23N5O3/c1-15(2)20-22-21(29-23-20)16-8-9-18(19(14-16)26(27)28)25-12-10-24(11-13-25)17-6-4-3-5-7-17/h3-9,14-15H,10-13H2,1-2H3. The molecule has 8 nitrogen and oxygen atoms in total. The second-order valence-electron chi connectivity index (χ2n) is 7.38. The van der Waals surface area contributed by atoms with E-state index in [1.807, 2.05) is 38.1 Å². The van der Waals surface area contributed by atoms with E-state index in [0.29, 0.717) is 36.1 Å². The van der Waals surface area contributed by atoms with Crippen LogP contribution in [0.15, 0.2) is 53.1 Å². The van der Waals surface area contributed by atoms with Crippen LogP contribution >= 0.6 is 0 Å². The molecule has 0 aliphatic carbocycles. The van der Waals surface area contributed by atoms with Crippen LogP contribution < -0.4 is 9.80 Å². The van der Waals surface area contributed by atoms with Gasteiger partial charge in [0.15, 0.2) is 5.82 Å². The van der Waals surface area contributed by atoms with Crippen LogP contribution in [0.3, 0.4) is 0 Å². The molecule has 0 saturated carbocycles. The molecule has 0 radical (unpaired) electrons. The van der Waals surface area contributed by atoms with Gasteiger partial charge >= 0.3 is 0 Å². The minimum atomic E-state index is -0.345. The Balaban J connectivity index is 1.55. The third-order valence-corrected chi connectivity index (χ3v) is 5.12. The Morgan fingerprint density at radius 1 is 1.03 bits per heavy atom. The third kappa shape index (κ3) is 3.91. The van der Waals surface area contributed by atoms with Crippen LogP contribution in [-0.2, 0) is 0 Å². The molecule has 1 fully saturated rings. The molecule has 0 unspecified atom stereocenters. The lowest BCUT2D eigenvalue weighted by Crippen LogP contribution is -2.46. The first-order valence-corrected chi connectivity index (χ1v) is 9.70. The first-order chi connectivity index (χ1) is 14.0. The third-order valence-electron chi connectivity index (χ3n) is 5.12. The van der Waals surface area contributed by atoms with E-state index < -0.39 is 0 Å². The maximum atomic E-state index is 11.7. The second-order valence-corrected chi connectivity index (χ2v) is 7.38. The van der Waals surface area contributed by atoms with Crippen LogP contribution in [0, 0.1) is 10.1 Å². The molecule has 1 aromatic heterocycles. The fourth-order valence-corrected chi connectivity index (χ4v) is 3.50. The smallest absolute Gasteiger partial charge is 0.293 e. The highest BCUT2D eigenvalue weighted by Crippen LogP contribution is 2.34. The number of anilines is 2. The maximum absolute atomic E-state index is 11.7. The summed E-state index contributed by atoms with van der Waals surface area (Å²) in [5, 5.41) is 15.7. The average Bonchev–Trinajstić information content (AvgIpc) is 3.25. The lowest BCUT2D eigenvalue weighted by Gasteiger charge is -2.37. The molecule has 29 heavy (non-hydrogen) atoms. The summed E-state index contributed by atoms with van der Waals surface area (Å²) >= 11 is 0. The first-order valence-electron chi connectivity index (χ1n) is 9.70. The van der Waals surface area contributed by atoms with Gasteiger partial charge in [0.05, 0.1) is 4.92 Å². The van der Waals surface area contributed by atoms with Crippen LogP contribution in [0.4, 0.5) is 17.1 Å². The lowest BCUT2D eigenvalue weighted by atomic mass is 10.1. The minimum Gasteiger partial charge on any atom is -0.368 e. The molecule has 3 aromatic rings. The summed E-state index contributed by atoms with van der Waals surface area (Å²) in [6.07, 6.45) is 0. The molecule has 1 aliphatic heterocycles. The molecule has 0 N–H and O–H groups in total. The van der Waals surface area contributed by atoms with Crippen molar-refractivity contribution in [2.45, 2.75) is 19.8 Å². The number of aromatic nitrogens is 2. The van der Waals surface area contributed by atoms with Crippen molar-refractivity contribution >= 4 is 17.1 Å². The van der Waals surface area contributed by atoms with E-state index in [0.717, 1.165) is 13.1 Å². The Bertz CT molecular complexity index is 995. The van der Waals surface area contributed by atoms with Crippen molar-refractivity contribution in [3.8, 4) is 11.5 Å². The highest BCUT2D eigenvalue weighted by atomic mass is 16.6. The van der Waals surface area contributed by atoms with E-state index in [1.54, 1.807) is 6.07 Å². The molecule has 2 aromatic carbocycles. The lowest BCUT2D eigenvalue weighted by molar-refractivity contribution is -0.384. The van der Waals surface area contributed by atoms with Crippen molar-refractivity contribution in [2.24, 2.45) is 0 Å². The highest BCUT2D eigenvalue weighted by molar-refractivity contribution is 5.71. The second kappa shape index (κ2) is 7.90. The number of nitro groups is 1. The number of hydrogen-bond donors (Lipinski definition) is 0. The van der Waals surface area contributed by atoms with Crippen molar-refractivity contribution in [2.75, 3.05) is 36.0 Å². The average molecular weight is 393 g/mol. The first kappa shape index (κ1) is 18.9. The number of piperazine rings is 1. The maximum Gasteiger partial charge on any atom is 0.293 e. The van der Waals surface area contributed by atoms with Gasteiger partial charge in [-0.15, -0.1) is 0 Å². The van der Waals surface area contributed by atoms with Crippen LogP contribution in [0.2, 0.25) is 0 Å². The Morgan fingerprint density at radius 3 is 2.34 bits per heavy atom. The predicted octanol–water partition coefficient (Wildman–Crippen LogP) is 4.09. The van der Waals surface area contributed by atoms with Gasteiger partial charge in [-0.1, -0.05) is 37.2 Å². The van der Waals surface area contributed by atoms with Crippen LogP contribution in [-0.4, -0.2) is 41.2 Å². The van der Waals surface area contributed by atoms with Crippen LogP contribution in [0.1, 0.15) is 25.6 Å². The molecule has 2 heterocycles. The molecule has 4 rings (SSSR count). The van der Waals surface area contributed by atoms with Gasteiger partial charge in [-0.05, 0) is 24.3 Å². The number of para-hydroxylation sites is 1. The summed E-state index contributed by atoms with van der Waals surface area (Å²) < 4.78 is 5.29. The monoisotopic (exact) mass is 393 g/mol. The van der Waals surface area contributed by atoms with Crippen LogP contribution in [0.25, 0.3) is 11.5 Å². The molecular weight excluding hydrogens is 370 g/mol. The number of benzene rings is 2. The normalized spacial score (nSPS) is 14.4. The molecule has 0 amide bonds. The zero-order chi connectivity index (χ0) is 20.4. The number of nitrogens with zero attached hydrogens (tertiary/aromatic N) is 5. The fourth-order valence-electron chi connectivity index (χ4n) is 3.50. The minimum absolute atomic E-state index is 0.0555. The van der Waals surface area contributed by atoms with Crippen molar-refractivity contribution in [1.82, 2.24) is 10.1 Å². The van der Waals surface area contributed by atoms with Crippen LogP contribution in [0.5, 0.6) is 0 Å². The van der Waals surface area contributed by atoms with E-state index in [-0.39, 0.29) is 16.5 Å². The van der Waals surface area contributed by atoms with Crippen molar-refractivity contribution < 1.29 is 9.45 Å². The van der Waals surface area contributed by atoms with Gasteiger partial charge in [-0.2, -0.15) is 4.98 Å². The molecular formula is C21H23N5O3. The fraction of sp³-hybridized carbons (Fsp3) is 0.333. The van der Waals surface area contributed by atoms with E-state index >= 15 is 0 Å². The van der Waals surface area contributed by atoms with E-state index in [9.17, 15) is 10.1 Å². The number of rotatable bonds is 5. The zero-order valence-corrected chi connectivity index (χ0v) is 16.5. The van der Waals surface area contributed by atoms with E-state index in [2.05, 4.69) is 32.1 Å². The largest absolute Gasteiger partial charge is 0.368 e. The Kier molecular flexibility index (Phi) is 5.16. The summed E-state index contributed by atoms with van der Waals surface area (Å²) in [5.74, 6) is 1.02. The topological polar surface area (TPSA) is 88.5 Å². The van der Waals surface area contributed by atoms with Gasteiger partial charge in [-0.3, -0.25) is 10.1 Å². The highest BCUT2D eigenvalue weighted by Gasteiger charge is 2.25. The van der Waals surface area contributed by atoms with Gasteiger partial charge in [-0.25, -0.2) is 0 Å². The molecule has 0 bridgehead atoms. The van der Waals surface area contributed by atoms with Gasteiger partial charge in [0.1, 0.15) is 5.69 Å². The molecule has 0 spiro atoms.